The molecule has 4 heteroatoms. The SMILES string of the molecule is CN1CCCC1CCOc1ccc(C(c2ccc(O)cc2)C(CCCO)c2ccccc2)cc1. The number of nitrogens with zero attached hydrogens (tertiary/aromatic N) is 1. The van der Waals surface area contributed by atoms with E-state index >= 15 is 0 Å². The maximum Gasteiger partial charge on any atom is 0.119 e. The molecule has 180 valence electrons. The minimum Gasteiger partial charge on any atom is -0.508 e. The zero-order valence-electron chi connectivity index (χ0n) is 20.1. The predicted molar refractivity (Wildman–Crippen MR) is 138 cm³/mol. The van der Waals surface area contributed by atoms with E-state index in [9.17, 15) is 10.2 Å². The summed E-state index contributed by atoms with van der Waals surface area (Å²) in [5.74, 6) is 1.49. The molecule has 1 fully saturated rings. The maximum absolute atomic E-state index is 9.87. The highest BCUT2D eigenvalue weighted by Crippen LogP contribution is 2.42. The molecule has 1 heterocycles. The Morgan fingerprint density at radius 1 is 0.912 bits per heavy atom. The summed E-state index contributed by atoms with van der Waals surface area (Å²) in [6.07, 6.45) is 5.23. The van der Waals surface area contributed by atoms with E-state index in [-0.39, 0.29) is 24.2 Å². The average Bonchev–Trinajstić information content (AvgIpc) is 3.28. The Morgan fingerprint density at radius 3 is 2.21 bits per heavy atom. The number of phenolic OH excluding ortho intramolecular Hbond substituents is 1. The lowest BCUT2D eigenvalue weighted by molar-refractivity contribution is 0.233. The Balaban J connectivity index is 1.56. The minimum atomic E-state index is 0.107. The first kappa shape index (κ1) is 24.3. The van der Waals surface area contributed by atoms with Crippen molar-refractivity contribution in [1.82, 2.24) is 4.90 Å². The lowest BCUT2D eigenvalue weighted by atomic mass is 9.75. The highest BCUT2D eigenvalue weighted by atomic mass is 16.5. The van der Waals surface area contributed by atoms with Gasteiger partial charge >= 0.3 is 0 Å². The second-order valence-electron chi connectivity index (χ2n) is 9.44. The highest BCUT2D eigenvalue weighted by Gasteiger charge is 2.26. The van der Waals surface area contributed by atoms with Crippen LogP contribution in [0.15, 0.2) is 78.9 Å². The molecule has 0 radical (unpaired) electrons. The van der Waals surface area contributed by atoms with Crippen LogP contribution in [0.1, 0.15) is 60.6 Å². The molecule has 3 aromatic rings. The van der Waals surface area contributed by atoms with Gasteiger partial charge in [-0.2, -0.15) is 0 Å². The van der Waals surface area contributed by atoms with Crippen molar-refractivity contribution in [3.05, 3.63) is 95.6 Å². The molecule has 1 saturated heterocycles. The molecule has 0 amide bonds. The van der Waals surface area contributed by atoms with Crippen LogP contribution in [0.25, 0.3) is 0 Å². The van der Waals surface area contributed by atoms with Crippen LogP contribution in [0.5, 0.6) is 11.5 Å². The predicted octanol–water partition coefficient (Wildman–Crippen LogP) is 5.94. The molecule has 0 aromatic heterocycles. The summed E-state index contributed by atoms with van der Waals surface area (Å²) >= 11 is 0. The first-order valence-corrected chi connectivity index (χ1v) is 12.5. The Labute approximate surface area is 203 Å². The summed E-state index contributed by atoms with van der Waals surface area (Å²) in [5, 5.41) is 19.4. The highest BCUT2D eigenvalue weighted by molar-refractivity contribution is 5.42. The van der Waals surface area contributed by atoms with Crippen LogP contribution in [0.3, 0.4) is 0 Å². The molecule has 1 aliphatic heterocycles. The van der Waals surface area contributed by atoms with Crippen LogP contribution >= 0.6 is 0 Å². The number of phenols is 1. The van der Waals surface area contributed by atoms with Gasteiger partial charge in [0.1, 0.15) is 11.5 Å². The van der Waals surface area contributed by atoms with E-state index in [0.717, 1.165) is 37.2 Å². The zero-order valence-corrected chi connectivity index (χ0v) is 20.1. The van der Waals surface area contributed by atoms with Gasteiger partial charge in [-0.25, -0.2) is 0 Å². The van der Waals surface area contributed by atoms with E-state index in [1.54, 1.807) is 12.1 Å². The second-order valence-corrected chi connectivity index (χ2v) is 9.44. The van der Waals surface area contributed by atoms with Gasteiger partial charge in [-0.05, 0) is 92.6 Å². The van der Waals surface area contributed by atoms with E-state index in [1.165, 1.54) is 30.5 Å². The van der Waals surface area contributed by atoms with Gasteiger partial charge in [-0.1, -0.05) is 54.6 Å². The van der Waals surface area contributed by atoms with Crippen molar-refractivity contribution in [2.45, 2.75) is 50.0 Å². The number of rotatable bonds is 11. The molecule has 0 spiro atoms. The molecule has 3 unspecified atom stereocenters. The molecule has 0 bridgehead atoms. The monoisotopic (exact) mass is 459 g/mol. The van der Waals surface area contributed by atoms with Crippen LogP contribution < -0.4 is 4.74 Å². The topological polar surface area (TPSA) is 52.9 Å². The van der Waals surface area contributed by atoms with Crippen molar-refractivity contribution in [3.63, 3.8) is 0 Å². The van der Waals surface area contributed by atoms with Crippen LogP contribution in [0.4, 0.5) is 0 Å². The smallest absolute Gasteiger partial charge is 0.119 e. The van der Waals surface area contributed by atoms with Crippen molar-refractivity contribution in [2.24, 2.45) is 0 Å². The van der Waals surface area contributed by atoms with Crippen LogP contribution in [-0.2, 0) is 0 Å². The second kappa shape index (κ2) is 12.0. The molecule has 0 aliphatic carbocycles. The molecule has 1 aliphatic rings. The lowest BCUT2D eigenvalue weighted by Gasteiger charge is -2.29. The fraction of sp³-hybridized carbons (Fsp3) is 0.400. The van der Waals surface area contributed by atoms with Crippen LogP contribution in [-0.4, -0.2) is 48.0 Å². The number of aliphatic hydroxyl groups is 1. The fourth-order valence-corrected chi connectivity index (χ4v) is 5.30. The van der Waals surface area contributed by atoms with Crippen molar-refractivity contribution in [2.75, 3.05) is 26.8 Å². The Morgan fingerprint density at radius 2 is 1.59 bits per heavy atom. The summed E-state index contributed by atoms with van der Waals surface area (Å²) in [5.41, 5.74) is 3.62. The Kier molecular flexibility index (Phi) is 8.62. The van der Waals surface area contributed by atoms with E-state index in [1.807, 2.05) is 18.2 Å². The van der Waals surface area contributed by atoms with Gasteiger partial charge < -0.3 is 19.8 Å². The lowest BCUT2D eigenvalue weighted by Crippen LogP contribution is -2.26. The summed E-state index contributed by atoms with van der Waals surface area (Å²) in [7, 11) is 2.20. The third kappa shape index (κ3) is 6.19. The molecule has 3 atom stereocenters. The van der Waals surface area contributed by atoms with Crippen LogP contribution in [0.2, 0.25) is 0 Å². The standard InChI is InChI=1S/C30H37NO3/c1-31-20-5-9-26(31)19-22-34-28-17-13-25(14-18-28)30(24-11-15-27(33)16-12-24)29(10-6-21-32)23-7-3-2-4-8-23/h2-4,7-8,11-18,26,29-30,32-33H,5-6,9-10,19-22H2,1H3. The van der Waals surface area contributed by atoms with Gasteiger partial charge in [0.2, 0.25) is 0 Å². The number of benzene rings is 3. The number of likely N-dealkylation sites (tertiary alicyclic amines) is 1. The number of hydrogen-bond acceptors (Lipinski definition) is 4. The molecular formula is C30H37NO3. The largest absolute Gasteiger partial charge is 0.508 e. The van der Waals surface area contributed by atoms with Crippen molar-refractivity contribution in [3.8, 4) is 11.5 Å². The maximum atomic E-state index is 9.87. The van der Waals surface area contributed by atoms with Gasteiger partial charge in [-0.15, -0.1) is 0 Å². The van der Waals surface area contributed by atoms with E-state index < -0.39 is 0 Å². The molecular weight excluding hydrogens is 422 g/mol. The van der Waals surface area contributed by atoms with Gasteiger partial charge in [0, 0.05) is 18.6 Å². The van der Waals surface area contributed by atoms with Crippen molar-refractivity contribution < 1.29 is 14.9 Å². The number of aromatic hydroxyl groups is 1. The molecule has 2 N–H and O–H groups in total. The third-order valence-electron chi connectivity index (χ3n) is 7.19. The van der Waals surface area contributed by atoms with Crippen molar-refractivity contribution in [1.29, 1.82) is 0 Å². The first-order valence-electron chi connectivity index (χ1n) is 12.5. The van der Waals surface area contributed by atoms with Gasteiger partial charge in [0.25, 0.3) is 0 Å². The molecule has 34 heavy (non-hydrogen) atoms. The summed E-state index contributed by atoms with van der Waals surface area (Å²) in [6.45, 7) is 2.10. The number of aliphatic hydroxyl groups excluding tert-OH is 1. The average molecular weight is 460 g/mol. The van der Waals surface area contributed by atoms with Crippen molar-refractivity contribution >= 4 is 0 Å². The number of hydrogen-bond donors (Lipinski definition) is 2. The molecule has 3 aromatic carbocycles. The zero-order chi connectivity index (χ0) is 23.8. The van der Waals surface area contributed by atoms with E-state index in [0.29, 0.717) is 6.04 Å². The Bertz CT molecular complexity index is 988. The normalized spacial score (nSPS) is 18.0. The van der Waals surface area contributed by atoms with Gasteiger partial charge in [-0.3, -0.25) is 0 Å². The Hall–Kier alpha value is -2.82. The summed E-state index contributed by atoms with van der Waals surface area (Å²) in [6, 6.07) is 27.2. The fourth-order valence-electron chi connectivity index (χ4n) is 5.30. The third-order valence-corrected chi connectivity index (χ3v) is 7.19. The first-order chi connectivity index (χ1) is 16.7. The summed E-state index contributed by atoms with van der Waals surface area (Å²) < 4.78 is 6.09. The van der Waals surface area contributed by atoms with E-state index in [4.69, 9.17) is 4.74 Å². The van der Waals surface area contributed by atoms with Gasteiger partial charge in [0.05, 0.1) is 6.61 Å². The molecule has 4 rings (SSSR count). The minimum absolute atomic E-state index is 0.107. The van der Waals surface area contributed by atoms with Gasteiger partial charge in [0.15, 0.2) is 0 Å². The number of ether oxygens (including phenoxy) is 1. The summed E-state index contributed by atoms with van der Waals surface area (Å²) in [4.78, 5) is 2.44. The van der Waals surface area contributed by atoms with Crippen LogP contribution in [0, 0.1) is 0 Å². The quantitative estimate of drug-likeness (QED) is 0.372. The molecule has 0 saturated carbocycles. The molecule has 4 nitrogen and oxygen atoms in total. The van der Waals surface area contributed by atoms with E-state index in [2.05, 4.69) is 60.5 Å².